The highest BCUT2D eigenvalue weighted by Gasteiger charge is 2.26. The van der Waals surface area contributed by atoms with Gasteiger partial charge in [-0.05, 0) is 35.9 Å². The molecule has 0 saturated carbocycles. The van der Waals surface area contributed by atoms with Crippen LogP contribution >= 0.6 is 0 Å². The van der Waals surface area contributed by atoms with Gasteiger partial charge in [0.15, 0.2) is 5.78 Å². The normalized spacial score (nSPS) is 16.6. The van der Waals surface area contributed by atoms with Gasteiger partial charge < -0.3 is 10.1 Å². The highest BCUT2D eigenvalue weighted by molar-refractivity contribution is 6.02. The van der Waals surface area contributed by atoms with Crippen LogP contribution in [-0.2, 0) is 6.42 Å². The van der Waals surface area contributed by atoms with Crippen molar-refractivity contribution in [1.29, 1.82) is 0 Å². The van der Waals surface area contributed by atoms with E-state index in [1.54, 1.807) is 7.11 Å². The molecule has 0 aliphatic carbocycles. The molecule has 3 heteroatoms. The zero-order valence-corrected chi connectivity index (χ0v) is 10.7. The summed E-state index contributed by atoms with van der Waals surface area (Å²) in [6.07, 6.45) is 0.751. The Balaban J connectivity index is 1.79. The topological polar surface area (TPSA) is 38.3 Å². The molecule has 96 valence electrons. The minimum atomic E-state index is -0.161. The first-order valence-electron chi connectivity index (χ1n) is 6.30. The molecule has 3 rings (SSSR count). The molecule has 0 aromatic heterocycles. The lowest BCUT2D eigenvalue weighted by Gasteiger charge is -2.10. The maximum atomic E-state index is 12.4. The van der Waals surface area contributed by atoms with Crippen molar-refractivity contribution in [3.63, 3.8) is 0 Å². The lowest BCUT2D eigenvalue weighted by Crippen LogP contribution is -2.26. The number of methoxy groups -OCH3 is 1. The van der Waals surface area contributed by atoms with Crippen molar-refractivity contribution in [2.75, 3.05) is 12.4 Å². The maximum absolute atomic E-state index is 12.4. The minimum absolute atomic E-state index is 0.124. The second-order valence-corrected chi connectivity index (χ2v) is 4.65. The molecule has 1 N–H and O–H groups in total. The fourth-order valence-electron chi connectivity index (χ4n) is 2.41. The van der Waals surface area contributed by atoms with Crippen molar-refractivity contribution in [3.8, 4) is 5.75 Å². The van der Waals surface area contributed by atoms with Crippen molar-refractivity contribution >= 4 is 11.5 Å². The van der Waals surface area contributed by atoms with Crippen LogP contribution in [0.3, 0.4) is 0 Å². The summed E-state index contributed by atoms with van der Waals surface area (Å²) < 4.78 is 5.10. The molecule has 3 nitrogen and oxygen atoms in total. The van der Waals surface area contributed by atoms with E-state index in [-0.39, 0.29) is 11.8 Å². The number of hydrogen-bond donors (Lipinski definition) is 1. The van der Waals surface area contributed by atoms with E-state index < -0.39 is 0 Å². The van der Waals surface area contributed by atoms with E-state index in [0.717, 1.165) is 17.9 Å². The summed E-state index contributed by atoms with van der Waals surface area (Å²) in [6, 6.07) is 15.1. The molecule has 0 bridgehead atoms. The molecular weight excluding hydrogens is 238 g/mol. The van der Waals surface area contributed by atoms with Crippen LogP contribution in [0.2, 0.25) is 0 Å². The molecule has 0 saturated heterocycles. The summed E-state index contributed by atoms with van der Waals surface area (Å²) in [5, 5.41) is 3.28. The van der Waals surface area contributed by atoms with Gasteiger partial charge in [0.1, 0.15) is 5.75 Å². The van der Waals surface area contributed by atoms with Gasteiger partial charge in [0.25, 0.3) is 0 Å². The molecule has 1 heterocycles. The highest BCUT2D eigenvalue weighted by atomic mass is 16.5. The first-order chi connectivity index (χ1) is 9.28. The van der Waals surface area contributed by atoms with E-state index in [4.69, 9.17) is 4.74 Å². The predicted molar refractivity (Wildman–Crippen MR) is 74.9 cm³/mol. The van der Waals surface area contributed by atoms with E-state index in [1.807, 2.05) is 42.5 Å². The number of para-hydroxylation sites is 1. The first kappa shape index (κ1) is 11.8. The van der Waals surface area contributed by atoms with E-state index in [0.29, 0.717) is 5.56 Å². The zero-order chi connectivity index (χ0) is 13.2. The zero-order valence-electron chi connectivity index (χ0n) is 10.7. The molecule has 0 fully saturated rings. The number of ketones is 1. The summed E-state index contributed by atoms with van der Waals surface area (Å²) in [5.41, 5.74) is 2.98. The molecule has 1 aliphatic heterocycles. The Labute approximate surface area is 112 Å². The Morgan fingerprint density at radius 3 is 2.58 bits per heavy atom. The third kappa shape index (κ3) is 2.19. The standard InChI is InChI=1S/C16H15NO2/c1-19-13-8-6-11(7-9-13)16(18)15-10-12-4-2-3-5-14(12)17-15/h2-9,15,17H,10H2,1H3. The van der Waals surface area contributed by atoms with Gasteiger partial charge in [-0.15, -0.1) is 0 Å². The second kappa shape index (κ2) is 4.76. The molecule has 2 aromatic rings. The van der Waals surface area contributed by atoms with Crippen LogP contribution in [0.1, 0.15) is 15.9 Å². The molecule has 1 aliphatic rings. The van der Waals surface area contributed by atoms with Crippen molar-refractivity contribution < 1.29 is 9.53 Å². The third-order valence-electron chi connectivity index (χ3n) is 3.46. The van der Waals surface area contributed by atoms with E-state index in [1.165, 1.54) is 5.56 Å². The SMILES string of the molecule is COc1ccc(C(=O)C2Cc3ccccc3N2)cc1. The number of benzene rings is 2. The number of fused-ring (bicyclic) bond motifs is 1. The molecule has 0 amide bonds. The lowest BCUT2D eigenvalue weighted by atomic mass is 10.0. The second-order valence-electron chi connectivity index (χ2n) is 4.65. The summed E-state index contributed by atoms with van der Waals surface area (Å²) in [4.78, 5) is 12.4. The molecule has 1 unspecified atom stereocenters. The average molecular weight is 253 g/mol. The van der Waals surface area contributed by atoms with E-state index in [9.17, 15) is 4.79 Å². The molecular formula is C16H15NO2. The Bertz CT molecular complexity index is 579. The van der Waals surface area contributed by atoms with Crippen molar-refractivity contribution in [3.05, 3.63) is 59.7 Å². The van der Waals surface area contributed by atoms with Crippen molar-refractivity contribution in [1.82, 2.24) is 0 Å². The number of ether oxygens (including phenoxy) is 1. The van der Waals surface area contributed by atoms with Crippen LogP contribution in [-0.4, -0.2) is 18.9 Å². The summed E-state index contributed by atoms with van der Waals surface area (Å²) in [5.74, 6) is 0.887. The van der Waals surface area contributed by atoms with E-state index >= 15 is 0 Å². The average Bonchev–Trinajstić information content (AvgIpc) is 2.90. The van der Waals surface area contributed by atoms with Crippen LogP contribution in [0.4, 0.5) is 5.69 Å². The van der Waals surface area contributed by atoms with Crippen LogP contribution in [0.25, 0.3) is 0 Å². The molecule has 19 heavy (non-hydrogen) atoms. The molecule has 1 atom stereocenters. The number of Topliss-reactive ketones (excluding diaryl/α,β-unsaturated/α-hetero) is 1. The van der Waals surface area contributed by atoms with Crippen LogP contribution in [0.5, 0.6) is 5.75 Å². The monoisotopic (exact) mass is 253 g/mol. The van der Waals surface area contributed by atoms with Crippen LogP contribution in [0.15, 0.2) is 48.5 Å². The smallest absolute Gasteiger partial charge is 0.185 e. The highest BCUT2D eigenvalue weighted by Crippen LogP contribution is 2.27. The van der Waals surface area contributed by atoms with Gasteiger partial charge in [-0.3, -0.25) is 4.79 Å². The lowest BCUT2D eigenvalue weighted by molar-refractivity contribution is 0.0971. The van der Waals surface area contributed by atoms with Gasteiger partial charge in [0.05, 0.1) is 13.2 Å². The van der Waals surface area contributed by atoms with Gasteiger partial charge in [-0.1, -0.05) is 18.2 Å². The number of rotatable bonds is 3. The predicted octanol–water partition coefficient (Wildman–Crippen LogP) is 2.91. The van der Waals surface area contributed by atoms with Gasteiger partial charge in [-0.25, -0.2) is 0 Å². The largest absolute Gasteiger partial charge is 0.497 e. The summed E-state index contributed by atoms with van der Waals surface area (Å²) >= 11 is 0. The molecule has 0 radical (unpaired) electrons. The van der Waals surface area contributed by atoms with Gasteiger partial charge in [0, 0.05) is 17.7 Å². The first-order valence-corrected chi connectivity index (χ1v) is 6.30. The minimum Gasteiger partial charge on any atom is -0.497 e. The van der Waals surface area contributed by atoms with Crippen molar-refractivity contribution in [2.24, 2.45) is 0 Å². The van der Waals surface area contributed by atoms with Gasteiger partial charge in [-0.2, -0.15) is 0 Å². The van der Waals surface area contributed by atoms with Crippen LogP contribution < -0.4 is 10.1 Å². The third-order valence-corrected chi connectivity index (χ3v) is 3.46. The van der Waals surface area contributed by atoms with Crippen LogP contribution in [0, 0.1) is 0 Å². The number of nitrogens with one attached hydrogen (secondary N) is 1. The van der Waals surface area contributed by atoms with Gasteiger partial charge in [0.2, 0.25) is 0 Å². The number of anilines is 1. The Morgan fingerprint density at radius 1 is 1.16 bits per heavy atom. The fourth-order valence-corrected chi connectivity index (χ4v) is 2.41. The maximum Gasteiger partial charge on any atom is 0.185 e. The summed E-state index contributed by atoms with van der Waals surface area (Å²) in [7, 11) is 1.62. The molecule has 2 aromatic carbocycles. The van der Waals surface area contributed by atoms with E-state index in [2.05, 4.69) is 11.4 Å². The Kier molecular flexibility index (Phi) is 2.95. The number of carbonyl (C=O) groups excluding carboxylic acids is 1. The quantitative estimate of drug-likeness (QED) is 0.855. The van der Waals surface area contributed by atoms with Crippen molar-refractivity contribution in [2.45, 2.75) is 12.5 Å². The Morgan fingerprint density at radius 2 is 1.89 bits per heavy atom. The van der Waals surface area contributed by atoms with Gasteiger partial charge >= 0.3 is 0 Å². The number of hydrogen-bond acceptors (Lipinski definition) is 3. The molecule has 0 spiro atoms. The Hall–Kier alpha value is -2.29. The fraction of sp³-hybridized carbons (Fsp3) is 0.188. The summed E-state index contributed by atoms with van der Waals surface area (Å²) in [6.45, 7) is 0. The number of carbonyl (C=O) groups is 1.